The lowest BCUT2D eigenvalue weighted by molar-refractivity contribution is -0.131. The van der Waals surface area contributed by atoms with E-state index in [1.807, 2.05) is 30.3 Å². The summed E-state index contributed by atoms with van der Waals surface area (Å²) < 4.78 is 5.27. The van der Waals surface area contributed by atoms with Gasteiger partial charge in [0.1, 0.15) is 0 Å². The molecule has 0 spiro atoms. The molecule has 0 unspecified atom stereocenters. The molecule has 0 bridgehead atoms. The van der Waals surface area contributed by atoms with Gasteiger partial charge in [-0.2, -0.15) is 5.10 Å². The van der Waals surface area contributed by atoms with Gasteiger partial charge in [0.05, 0.1) is 0 Å². The van der Waals surface area contributed by atoms with Crippen LogP contribution in [0.4, 0.5) is 0 Å². The first-order chi connectivity index (χ1) is 9.70. The van der Waals surface area contributed by atoms with Gasteiger partial charge in [-0.1, -0.05) is 30.3 Å². The van der Waals surface area contributed by atoms with Gasteiger partial charge in [-0.3, -0.25) is 4.79 Å². The van der Waals surface area contributed by atoms with Crippen LogP contribution in [0.2, 0.25) is 0 Å². The van der Waals surface area contributed by atoms with Crippen molar-refractivity contribution in [2.24, 2.45) is 5.10 Å². The molecule has 1 amide bonds. The Kier molecular flexibility index (Phi) is 5.26. The highest BCUT2D eigenvalue weighted by atomic mass is 16.5. The summed E-state index contributed by atoms with van der Waals surface area (Å²) in [6.07, 6.45) is 1.19. The Bertz CT molecular complexity index is 463. The third-order valence-corrected chi connectivity index (χ3v) is 3.46. The fourth-order valence-corrected chi connectivity index (χ4v) is 2.20. The van der Waals surface area contributed by atoms with Gasteiger partial charge in [0.2, 0.25) is 0 Å². The second kappa shape index (κ2) is 7.17. The number of rotatable bonds is 4. The van der Waals surface area contributed by atoms with Crippen LogP contribution >= 0.6 is 0 Å². The summed E-state index contributed by atoms with van der Waals surface area (Å²) in [5.74, 6) is -0.231. The van der Waals surface area contributed by atoms with Crippen LogP contribution in [0.5, 0.6) is 0 Å². The Balaban J connectivity index is 1.95. The molecule has 0 aliphatic carbocycles. The molecule has 0 aromatic heterocycles. The van der Waals surface area contributed by atoms with Gasteiger partial charge in [0, 0.05) is 38.8 Å². The number of likely N-dealkylation sites (tertiary alicyclic amines) is 1. The van der Waals surface area contributed by atoms with E-state index in [0.29, 0.717) is 0 Å². The van der Waals surface area contributed by atoms with Crippen molar-refractivity contribution in [1.82, 2.24) is 10.3 Å². The second-order valence-electron chi connectivity index (χ2n) is 4.98. The van der Waals surface area contributed by atoms with Gasteiger partial charge in [-0.15, -0.1) is 0 Å². The van der Waals surface area contributed by atoms with E-state index in [4.69, 9.17) is 4.74 Å². The van der Waals surface area contributed by atoms with Crippen molar-refractivity contribution in [2.75, 3.05) is 27.2 Å². The highest BCUT2D eigenvalue weighted by molar-refractivity contribution is 5.88. The largest absolute Gasteiger partial charge is 0.367 e. The van der Waals surface area contributed by atoms with Crippen molar-refractivity contribution in [2.45, 2.75) is 18.9 Å². The van der Waals surface area contributed by atoms with E-state index < -0.39 is 6.10 Å². The molecule has 0 radical (unpaired) electrons. The summed E-state index contributed by atoms with van der Waals surface area (Å²) in [5, 5.41) is 4.22. The van der Waals surface area contributed by atoms with Gasteiger partial charge in [-0.05, 0) is 12.6 Å². The summed E-state index contributed by atoms with van der Waals surface area (Å²) in [5.41, 5.74) is 4.49. The van der Waals surface area contributed by atoms with Crippen LogP contribution < -0.4 is 5.43 Å². The summed E-state index contributed by atoms with van der Waals surface area (Å²) in [6.45, 7) is 1.97. The Labute approximate surface area is 119 Å². The molecule has 5 nitrogen and oxygen atoms in total. The minimum atomic E-state index is -0.619. The lowest BCUT2D eigenvalue weighted by atomic mass is 10.1. The quantitative estimate of drug-likeness (QED) is 0.849. The fourth-order valence-electron chi connectivity index (χ4n) is 2.20. The van der Waals surface area contributed by atoms with E-state index in [9.17, 15) is 4.79 Å². The number of nitrogens with one attached hydrogen (secondary N) is 1. The lowest BCUT2D eigenvalue weighted by Gasteiger charge is -2.23. The van der Waals surface area contributed by atoms with Crippen LogP contribution in [0.25, 0.3) is 0 Å². The predicted octanol–water partition coefficient (Wildman–Crippen LogP) is 1.57. The number of ether oxygens (including phenoxy) is 1. The Morgan fingerprint density at radius 1 is 1.30 bits per heavy atom. The first kappa shape index (κ1) is 14.7. The molecule has 20 heavy (non-hydrogen) atoms. The fraction of sp³-hybridized carbons (Fsp3) is 0.467. The molecule has 1 heterocycles. The molecule has 1 aliphatic rings. The van der Waals surface area contributed by atoms with Crippen molar-refractivity contribution >= 4 is 11.6 Å². The first-order valence-electron chi connectivity index (χ1n) is 6.82. The maximum absolute atomic E-state index is 12.1. The summed E-state index contributed by atoms with van der Waals surface area (Å²) in [7, 11) is 3.62. The van der Waals surface area contributed by atoms with E-state index in [0.717, 1.165) is 37.2 Å². The van der Waals surface area contributed by atoms with Crippen LogP contribution in [0.1, 0.15) is 24.5 Å². The number of methoxy groups -OCH3 is 1. The molecule has 5 heteroatoms. The lowest BCUT2D eigenvalue weighted by Crippen LogP contribution is -2.33. The summed E-state index contributed by atoms with van der Waals surface area (Å²) >= 11 is 0. The van der Waals surface area contributed by atoms with Crippen molar-refractivity contribution in [3.05, 3.63) is 35.9 Å². The predicted molar refractivity (Wildman–Crippen MR) is 78.5 cm³/mol. The Morgan fingerprint density at radius 2 is 1.95 bits per heavy atom. The number of hydrogen-bond acceptors (Lipinski definition) is 4. The van der Waals surface area contributed by atoms with E-state index >= 15 is 0 Å². The number of hydrazone groups is 1. The normalized spacial score (nSPS) is 17.6. The molecule has 2 rings (SSSR count). The number of carbonyl (C=O) groups excluding carboxylic acids is 1. The Hall–Kier alpha value is -1.72. The molecule has 1 atom stereocenters. The average molecular weight is 275 g/mol. The van der Waals surface area contributed by atoms with Gasteiger partial charge in [0.25, 0.3) is 5.91 Å². The zero-order valence-electron chi connectivity index (χ0n) is 12.0. The number of amides is 1. The zero-order valence-corrected chi connectivity index (χ0v) is 12.0. The minimum Gasteiger partial charge on any atom is -0.367 e. The topological polar surface area (TPSA) is 53.9 Å². The smallest absolute Gasteiger partial charge is 0.273 e. The number of nitrogens with zero attached hydrogens (tertiary/aromatic N) is 2. The molecule has 0 saturated carbocycles. The van der Waals surface area contributed by atoms with Crippen molar-refractivity contribution in [3.63, 3.8) is 0 Å². The molecule has 1 aromatic carbocycles. The number of piperidine rings is 1. The molecule has 108 valence electrons. The SMILES string of the molecule is CO[C@H](C(=O)NN=C1CCN(C)CC1)c1ccccc1. The summed E-state index contributed by atoms with van der Waals surface area (Å²) in [6, 6.07) is 9.43. The van der Waals surface area contributed by atoms with E-state index in [2.05, 4.69) is 22.5 Å². The summed E-state index contributed by atoms with van der Waals surface area (Å²) in [4.78, 5) is 14.4. The van der Waals surface area contributed by atoms with Gasteiger partial charge >= 0.3 is 0 Å². The Morgan fingerprint density at radius 3 is 2.55 bits per heavy atom. The minimum absolute atomic E-state index is 0.231. The molecule has 1 saturated heterocycles. The van der Waals surface area contributed by atoms with Gasteiger partial charge in [-0.25, -0.2) is 5.43 Å². The number of carbonyl (C=O) groups is 1. The van der Waals surface area contributed by atoms with Crippen LogP contribution in [-0.2, 0) is 9.53 Å². The third-order valence-electron chi connectivity index (χ3n) is 3.46. The van der Waals surface area contributed by atoms with E-state index in [1.165, 1.54) is 7.11 Å². The van der Waals surface area contributed by atoms with Crippen molar-refractivity contribution in [3.8, 4) is 0 Å². The molecule has 1 N–H and O–H groups in total. The van der Waals surface area contributed by atoms with Crippen LogP contribution in [0.15, 0.2) is 35.4 Å². The molecular formula is C15H21N3O2. The monoisotopic (exact) mass is 275 g/mol. The number of benzene rings is 1. The standard InChI is InChI=1S/C15H21N3O2/c1-18-10-8-13(9-11-18)16-17-15(19)14(20-2)12-6-4-3-5-7-12/h3-7,14H,8-11H2,1-2H3,(H,17,19)/t14-/m0/s1. The van der Waals surface area contributed by atoms with Crippen molar-refractivity contribution < 1.29 is 9.53 Å². The highest BCUT2D eigenvalue weighted by Crippen LogP contribution is 2.16. The van der Waals surface area contributed by atoms with E-state index in [-0.39, 0.29) is 5.91 Å². The maximum atomic E-state index is 12.1. The van der Waals surface area contributed by atoms with Crippen LogP contribution in [0.3, 0.4) is 0 Å². The molecular weight excluding hydrogens is 254 g/mol. The molecule has 1 aromatic rings. The highest BCUT2D eigenvalue weighted by Gasteiger charge is 2.20. The van der Waals surface area contributed by atoms with Gasteiger partial charge in [0.15, 0.2) is 6.10 Å². The second-order valence-corrected chi connectivity index (χ2v) is 4.98. The maximum Gasteiger partial charge on any atom is 0.273 e. The van der Waals surface area contributed by atoms with Crippen LogP contribution in [-0.4, -0.2) is 43.8 Å². The average Bonchev–Trinajstić information content (AvgIpc) is 2.48. The molecule has 1 fully saturated rings. The zero-order chi connectivity index (χ0) is 14.4. The van der Waals surface area contributed by atoms with Gasteiger partial charge < -0.3 is 9.64 Å². The van der Waals surface area contributed by atoms with Crippen molar-refractivity contribution in [1.29, 1.82) is 0 Å². The molecule has 1 aliphatic heterocycles. The number of hydrogen-bond donors (Lipinski definition) is 1. The first-order valence-corrected chi connectivity index (χ1v) is 6.82. The van der Waals surface area contributed by atoms with Crippen LogP contribution in [0, 0.1) is 0 Å². The third kappa shape index (κ3) is 3.88. The van der Waals surface area contributed by atoms with E-state index in [1.54, 1.807) is 0 Å².